The zero-order valence-electron chi connectivity index (χ0n) is 19.6. The number of carbonyl (C=O) groups excluding carboxylic acids is 2. The Hall–Kier alpha value is -3.13. The Bertz CT molecular complexity index is 1210. The molecule has 3 aromatic rings. The van der Waals surface area contributed by atoms with Gasteiger partial charge in [0.2, 0.25) is 5.91 Å². The summed E-state index contributed by atoms with van der Waals surface area (Å²) >= 11 is 1.11. The lowest BCUT2D eigenvalue weighted by molar-refractivity contribution is -0.117. The minimum absolute atomic E-state index is 0.0622. The van der Waals surface area contributed by atoms with Gasteiger partial charge in [-0.05, 0) is 62.9 Å². The number of rotatable bonds is 6. The van der Waals surface area contributed by atoms with Crippen molar-refractivity contribution < 1.29 is 9.59 Å². The van der Waals surface area contributed by atoms with Crippen molar-refractivity contribution in [2.24, 2.45) is 0 Å². The lowest BCUT2D eigenvalue weighted by Gasteiger charge is -2.20. The average molecular weight is 467 g/mol. The third-order valence-electron chi connectivity index (χ3n) is 5.15. The number of imide groups is 1. The summed E-state index contributed by atoms with van der Waals surface area (Å²) in [4.78, 5) is 42.3. The zero-order valence-corrected chi connectivity index (χ0v) is 20.5. The van der Waals surface area contributed by atoms with Crippen molar-refractivity contribution in [3.63, 3.8) is 0 Å². The van der Waals surface area contributed by atoms with E-state index in [-0.39, 0.29) is 11.3 Å². The van der Waals surface area contributed by atoms with Crippen molar-refractivity contribution in [2.75, 3.05) is 5.75 Å². The van der Waals surface area contributed by atoms with Gasteiger partial charge in [0.05, 0.1) is 22.3 Å². The molecule has 1 atom stereocenters. The maximum atomic E-state index is 13.3. The SMILES string of the molecule is CCC(C)c1ccc(-n2c(SCC(=O)NC(=O)NC(C)(C)C)nc3ccccc3c2=O)cc1. The molecule has 1 heterocycles. The predicted molar refractivity (Wildman–Crippen MR) is 133 cm³/mol. The number of thioether (sulfide) groups is 1. The lowest BCUT2D eigenvalue weighted by Crippen LogP contribution is -2.48. The van der Waals surface area contributed by atoms with E-state index >= 15 is 0 Å². The smallest absolute Gasteiger partial charge is 0.321 e. The normalized spacial score (nSPS) is 12.4. The molecule has 3 amide bonds. The Morgan fingerprint density at radius 1 is 1.09 bits per heavy atom. The van der Waals surface area contributed by atoms with Crippen LogP contribution in [0.4, 0.5) is 4.79 Å². The standard InChI is InChI=1S/C25H30N4O3S/c1-6-16(2)17-11-13-18(14-12-17)29-22(31)19-9-7-8-10-20(19)26-24(29)33-15-21(30)27-23(32)28-25(3,4)5/h7-14,16H,6,15H2,1-5H3,(H2,27,28,30,32). The van der Waals surface area contributed by atoms with Gasteiger partial charge >= 0.3 is 6.03 Å². The number of benzene rings is 2. The van der Waals surface area contributed by atoms with E-state index in [0.29, 0.717) is 27.7 Å². The molecule has 0 spiro atoms. The third kappa shape index (κ3) is 6.22. The number of fused-ring (bicyclic) bond motifs is 1. The van der Waals surface area contributed by atoms with Crippen molar-refractivity contribution in [1.82, 2.24) is 20.2 Å². The molecule has 0 aliphatic carbocycles. The van der Waals surface area contributed by atoms with Crippen LogP contribution in [0.5, 0.6) is 0 Å². The van der Waals surface area contributed by atoms with Gasteiger partial charge in [-0.25, -0.2) is 9.78 Å². The zero-order chi connectivity index (χ0) is 24.2. The van der Waals surface area contributed by atoms with Gasteiger partial charge in [-0.1, -0.05) is 49.9 Å². The van der Waals surface area contributed by atoms with E-state index in [1.165, 1.54) is 10.1 Å². The molecular formula is C25H30N4O3S. The molecule has 0 radical (unpaired) electrons. The number of urea groups is 1. The fourth-order valence-corrected chi connectivity index (χ4v) is 4.10. The summed E-state index contributed by atoms with van der Waals surface area (Å²) < 4.78 is 1.52. The van der Waals surface area contributed by atoms with E-state index < -0.39 is 17.5 Å². The maximum Gasteiger partial charge on any atom is 0.321 e. The number of carbonyl (C=O) groups is 2. The van der Waals surface area contributed by atoms with Crippen LogP contribution in [-0.2, 0) is 4.79 Å². The number of hydrogen-bond donors (Lipinski definition) is 2. The summed E-state index contributed by atoms with van der Waals surface area (Å²) in [7, 11) is 0. The molecule has 1 aromatic heterocycles. The Labute approximate surface area is 198 Å². The number of hydrogen-bond acceptors (Lipinski definition) is 5. The van der Waals surface area contributed by atoms with Crippen LogP contribution >= 0.6 is 11.8 Å². The van der Waals surface area contributed by atoms with Gasteiger partial charge in [0.25, 0.3) is 5.56 Å². The molecule has 1 unspecified atom stereocenters. The topological polar surface area (TPSA) is 93.1 Å². The molecule has 0 aliphatic heterocycles. The first kappa shape index (κ1) is 24.5. The predicted octanol–water partition coefficient (Wildman–Crippen LogP) is 4.62. The second kappa shape index (κ2) is 10.2. The lowest BCUT2D eigenvalue weighted by atomic mass is 9.98. The fraction of sp³-hybridized carbons (Fsp3) is 0.360. The molecule has 7 nitrogen and oxygen atoms in total. The van der Waals surface area contributed by atoms with Gasteiger partial charge in [-0.15, -0.1) is 0 Å². The van der Waals surface area contributed by atoms with E-state index in [9.17, 15) is 14.4 Å². The van der Waals surface area contributed by atoms with Crippen LogP contribution in [0.2, 0.25) is 0 Å². The Kier molecular flexibility index (Phi) is 7.58. The van der Waals surface area contributed by atoms with E-state index in [1.807, 2.05) is 51.1 Å². The summed E-state index contributed by atoms with van der Waals surface area (Å²) in [5, 5.41) is 5.90. The highest BCUT2D eigenvalue weighted by molar-refractivity contribution is 7.99. The first-order chi connectivity index (χ1) is 15.6. The monoisotopic (exact) mass is 466 g/mol. The summed E-state index contributed by atoms with van der Waals surface area (Å²) in [5.74, 6) is -0.113. The molecule has 8 heteroatoms. The van der Waals surface area contributed by atoms with Gasteiger partial charge < -0.3 is 5.32 Å². The van der Waals surface area contributed by atoms with E-state index in [2.05, 4.69) is 29.5 Å². The molecule has 0 bridgehead atoms. The maximum absolute atomic E-state index is 13.3. The summed E-state index contributed by atoms with van der Waals surface area (Å²) in [6.07, 6.45) is 1.02. The highest BCUT2D eigenvalue weighted by Gasteiger charge is 2.18. The first-order valence-electron chi connectivity index (χ1n) is 11.0. The molecule has 3 rings (SSSR count). The fourth-order valence-electron chi connectivity index (χ4n) is 3.29. The number of para-hydroxylation sites is 1. The minimum atomic E-state index is -0.558. The average Bonchev–Trinajstić information content (AvgIpc) is 2.76. The molecule has 174 valence electrons. The molecule has 2 aromatic carbocycles. The van der Waals surface area contributed by atoms with Crippen molar-refractivity contribution >= 4 is 34.6 Å². The molecule has 33 heavy (non-hydrogen) atoms. The first-order valence-corrected chi connectivity index (χ1v) is 11.9. The van der Waals surface area contributed by atoms with Crippen LogP contribution in [0.15, 0.2) is 58.5 Å². The van der Waals surface area contributed by atoms with Gasteiger partial charge in [-0.2, -0.15) is 0 Å². The minimum Gasteiger partial charge on any atom is -0.333 e. The number of nitrogens with one attached hydrogen (secondary N) is 2. The molecular weight excluding hydrogens is 436 g/mol. The van der Waals surface area contributed by atoms with E-state index in [1.54, 1.807) is 18.2 Å². The highest BCUT2D eigenvalue weighted by atomic mass is 32.2. The Balaban J connectivity index is 1.91. The third-order valence-corrected chi connectivity index (χ3v) is 6.09. The Morgan fingerprint density at radius 2 is 1.76 bits per heavy atom. The molecule has 0 fully saturated rings. The number of nitrogens with zero attached hydrogens (tertiary/aromatic N) is 2. The molecule has 0 saturated heterocycles. The molecule has 0 aliphatic rings. The summed E-state index contributed by atoms with van der Waals surface area (Å²) in [5.41, 5.74) is 1.77. The Morgan fingerprint density at radius 3 is 2.39 bits per heavy atom. The summed E-state index contributed by atoms with van der Waals surface area (Å²) in [6, 6.07) is 14.4. The van der Waals surface area contributed by atoms with Crippen molar-refractivity contribution in [3.05, 3.63) is 64.4 Å². The molecule has 2 N–H and O–H groups in total. The van der Waals surface area contributed by atoms with Crippen LogP contribution in [-0.4, -0.2) is 32.8 Å². The van der Waals surface area contributed by atoms with E-state index in [0.717, 1.165) is 18.2 Å². The second-order valence-corrected chi connectivity index (χ2v) is 9.94. The quantitative estimate of drug-likeness (QED) is 0.409. The van der Waals surface area contributed by atoms with Gasteiger partial charge in [0.15, 0.2) is 5.16 Å². The molecule has 0 saturated carbocycles. The van der Waals surface area contributed by atoms with E-state index in [4.69, 9.17) is 0 Å². The van der Waals surface area contributed by atoms with Crippen molar-refractivity contribution in [1.29, 1.82) is 0 Å². The van der Waals surface area contributed by atoms with Gasteiger partial charge in [0.1, 0.15) is 0 Å². The number of amides is 3. The largest absolute Gasteiger partial charge is 0.333 e. The highest BCUT2D eigenvalue weighted by Crippen LogP contribution is 2.24. The summed E-state index contributed by atoms with van der Waals surface area (Å²) in [6.45, 7) is 9.79. The van der Waals surface area contributed by atoms with Gasteiger partial charge in [0, 0.05) is 5.54 Å². The number of aromatic nitrogens is 2. The van der Waals surface area contributed by atoms with Gasteiger partial charge in [-0.3, -0.25) is 19.5 Å². The van der Waals surface area contributed by atoms with Crippen molar-refractivity contribution in [3.8, 4) is 5.69 Å². The van der Waals surface area contributed by atoms with Crippen LogP contribution in [0.1, 0.15) is 52.5 Å². The second-order valence-electron chi connectivity index (χ2n) is 8.99. The van der Waals surface area contributed by atoms with Crippen LogP contribution in [0.25, 0.3) is 16.6 Å². The van der Waals surface area contributed by atoms with Crippen LogP contribution in [0, 0.1) is 0 Å². The van der Waals surface area contributed by atoms with Crippen molar-refractivity contribution in [2.45, 2.75) is 57.7 Å². The van der Waals surface area contributed by atoms with Crippen LogP contribution < -0.4 is 16.2 Å². The van der Waals surface area contributed by atoms with Crippen LogP contribution in [0.3, 0.4) is 0 Å².